The number of esters is 1. The first kappa shape index (κ1) is 13.0. The zero-order valence-electron chi connectivity index (χ0n) is 10.2. The van der Waals surface area contributed by atoms with Crippen LogP contribution in [0.25, 0.3) is 0 Å². The Morgan fingerprint density at radius 2 is 2.00 bits per heavy atom. The van der Waals surface area contributed by atoms with E-state index in [0.717, 1.165) is 12.8 Å². The minimum absolute atomic E-state index is 0.240. The Balaban J connectivity index is 2.46. The van der Waals surface area contributed by atoms with Gasteiger partial charge in [0.1, 0.15) is 0 Å². The van der Waals surface area contributed by atoms with E-state index in [4.69, 9.17) is 9.84 Å². The molecule has 1 aliphatic rings. The summed E-state index contributed by atoms with van der Waals surface area (Å²) in [5.74, 6) is -1.74. The van der Waals surface area contributed by atoms with E-state index in [0.29, 0.717) is 13.0 Å². The Hall–Kier alpha value is -1.06. The van der Waals surface area contributed by atoms with Crippen molar-refractivity contribution in [2.45, 2.75) is 40.0 Å². The van der Waals surface area contributed by atoms with E-state index in [2.05, 4.69) is 0 Å². The van der Waals surface area contributed by atoms with Crippen molar-refractivity contribution in [1.29, 1.82) is 0 Å². The van der Waals surface area contributed by atoms with Gasteiger partial charge < -0.3 is 9.84 Å². The van der Waals surface area contributed by atoms with Crippen LogP contribution in [0.15, 0.2) is 0 Å². The maximum absolute atomic E-state index is 11.7. The highest BCUT2D eigenvalue weighted by atomic mass is 16.5. The van der Waals surface area contributed by atoms with Gasteiger partial charge in [-0.1, -0.05) is 27.2 Å². The SMILES string of the molecule is CCCCOC(=O)[C@H]1C[C@@H](C(=O)O)C1(C)C. The Bertz CT molecular complexity index is 283. The molecule has 1 fully saturated rings. The molecule has 0 radical (unpaired) electrons. The molecular formula is C12H20O4. The van der Waals surface area contributed by atoms with Gasteiger partial charge in [0.05, 0.1) is 18.4 Å². The normalized spacial score (nSPS) is 26.9. The molecule has 1 aliphatic carbocycles. The minimum Gasteiger partial charge on any atom is -0.481 e. The lowest BCUT2D eigenvalue weighted by Gasteiger charge is -2.48. The van der Waals surface area contributed by atoms with Gasteiger partial charge in [0.25, 0.3) is 0 Å². The average molecular weight is 228 g/mol. The van der Waals surface area contributed by atoms with Gasteiger partial charge in [-0.15, -0.1) is 0 Å². The topological polar surface area (TPSA) is 63.6 Å². The zero-order chi connectivity index (χ0) is 12.3. The fourth-order valence-corrected chi connectivity index (χ4v) is 2.16. The summed E-state index contributed by atoms with van der Waals surface area (Å²) in [5, 5.41) is 8.93. The highest BCUT2D eigenvalue weighted by molar-refractivity contribution is 5.81. The van der Waals surface area contributed by atoms with E-state index in [1.807, 2.05) is 20.8 Å². The van der Waals surface area contributed by atoms with Gasteiger partial charge in [-0.05, 0) is 18.3 Å². The lowest BCUT2D eigenvalue weighted by Crippen LogP contribution is -2.52. The molecule has 0 aromatic heterocycles. The lowest BCUT2D eigenvalue weighted by molar-refractivity contribution is -0.175. The molecule has 0 saturated heterocycles. The number of hydrogen-bond donors (Lipinski definition) is 1. The van der Waals surface area contributed by atoms with Gasteiger partial charge in [-0.2, -0.15) is 0 Å². The first-order valence-corrected chi connectivity index (χ1v) is 5.80. The number of carbonyl (C=O) groups excluding carboxylic acids is 1. The molecule has 1 rings (SSSR count). The molecule has 4 nitrogen and oxygen atoms in total. The van der Waals surface area contributed by atoms with Gasteiger partial charge in [-0.3, -0.25) is 9.59 Å². The molecule has 0 spiro atoms. The number of carbonyl (C=O) groups is 2. The molecule has 0 aromatic rings. The monoisotopic (exact) mass is 228 g/mol. The average Bonchev–Trinajstić information content (AvgIpc) is 2.16. The maximum atomic E-state index is 11.7. The minimum atomic E-state index is -0.817. The van der Waals surface area contributed by atoms with E-state index in [9.17, 15) is 9.59 Å². The molecule has 0 unspecified atom stereocenters. The van der Waals surface area contributed by atoms with Crippen LogP contribution in [0.2, 0.25) is 0 Å². The van der Waals surface area contributed by atoms with Crippen molar-refractivity contribution in [2.24, 2.45) is 17.3 Å². The van der Waals surface area contributed by atoms with E-state index >= 15 is 0 Å². The van der Waals surface area contributed by atoms with E-state index in [1.165, 1.54) is 0 Å². The predicted molar refractivity (Wildman–Crippen MR) is 58.9 cm³/mol. The quantitative estimate of drug-likeness (QED) is 0.578. The predicted octanol–water partition coefficient (Wildman–Crippen LogP) is 2.08. The highest BCUT2D eigenvalue weighted by Gasteiger charge is 2.55. The summed E-state index contributed by atoms with van der Waals surface area (Å²) in [4.78, 5) is 22.5. The molecular weight excluding hydrogens is 208 g/mol. The van der Waals surface area contributed by atoms with Crippen molar-refractivity contribution in [3.8, 4) is 0 Å². The van der Waals surface area contributed by atoms with Gasteiger partial charge in [-0.25, -0.2) is 0 Å². The summed E-state index contributed by atoms with van der Waals surface area (Å²) in [6.45, 7) is 6.11. The third-order valence-electron chi connectivity index (χ3n) is 3.59. The molecule has 1 N–H and O–H groups in total. The van der Waals surface area contributed by atoms with Crippen LogP contribution in [0.4, 0.5) is 0 Å². The second-order valence-corrected chi connectivity index (χ2v) is 5.02. The van der Waals surface area contributed by atoms with Gasteiger partial charge in [0.15, 0.2) is 0 Å². The standard InChI is InChI=1S/C12H20O4/c1-4-5-6-16-11(15)9-7-8(10(13)14)12(9,2)3/h8-9H,4-7H2,1-3H3,(H,13,14)/t8-,9+/m0/s1. The van der Waals surface area contributed by atoms with Crippen LogP contribution in [0.5, 0.6) is 0 Å². The number of rotatable bonds is 5. The molecule has 0 aliphatic heterocycles. The fraction of sp³-hybridized carbons (Fsp3) is 0.833. The molecule has 92 valence electrons. The maximum Gasteiger partial charge on any atom is 0.309 e. The summed E-state index contributed by atoms with van der Waals surface area (Å²) in [6, 6.07) is 0. The van der Waals surface area contributed by atoms with Crippen LogP contribution < -0.4 is 0 Å². The Morgan fingerprint density at radius 3 is 2.44 bits per heavy atom. The van der Waals surface area contributed by atoms with Crippen LogP contribution in [0, 0.1) is 17.3 Å². The number of carboxylic acid groups (broad SMARTS) is 1. The smallest absolute Gasteiger partial charge is 0.309 e. The third kappa shape index (κ3) is 2.36. The van der Waals surface area contributed by atoms with Crippen molar-refractivity contribution in [3.63, 3.8) is 0 Å². The molecule has 16 heavy (non-hydrogen) atoms. The van der Waals surface area contributed by atoms with Crippen molar-refractivity contribution in [1.82, 2.24) is 0 Å². The summed E-state index contributed by atoms with van der Waals surface area (Å²) in [7, 11) is 0. The van der Waals surface area contributed by atoms with Crippen LogP contribution in [-0.4, -0.2) is 23.7 Å². The molecule has 4 heteroatoms. The van der Waals surface area contributed by atoms with E-state index in [1.54, 1.807) is 0 Å². The fourth-order valence-electron chi connectivity index (χ4n) is 2.16. The van der Waals surface area contributed by atoms with Crippen molar-refractivity contribution in [2.75, 3.05) is 6.61 Å². The van der Waals surface area contributed by atoms with E-state index < -0.39 is 17.3 Å². The highest BCUT2D eigenvalue weighted by Crippen LogP contribution is 2.51. The largest absolute Gasteiger partial charge is 0.481 e. The number of ether oxygens (including phenoxy) is 1. The molecule has 0 amide bonds. The third-order valence-corrected chi connectivity index (χ3v) is 3.59. The van der Waals surface area contributed by atoms with Crippen molar-refractivity contribution < 1.29 is 19.4 Å². The van der Waals surface area contributed by atoms with Crippen LogP contribution >= 0.6 is 0 Å². The van der Waals surface area contributed by atoms with Gasteiger partial charge >= 0.3 is 11.9 Å². The first-order chi connectivity index (χ1) is 7.41. The molecule has 2 atom stereocenters. The summed E-state index contributed by atoms with van der Waals surface area (Å²) in [5.41, 5.74) is -0.477. The number of carboxylic acids is 1. The molecule has 0 heterocycles. The van der Waals surface area contributed by atoms with E-state index in [-0.39, 0.29) is 11.9 Å². The molecule has 1 saturated carbocycles. The number of hydrogen-bond acceptors (Lipinski definition) is 3. The van der Waals surface area contributed by atoms with Crippen LogP contribution in [0.3, 0.4) is 0 Å². The van der Waals surface area contributed by atoms with Crippen molar-refractivity contribution in [3.05, 3.63) is 0 Å². The first-order valence-electron chi connectivity index (χ1n) is 5.80. The molecule has 0 aromatic carbocycles. The Kier molecular flexibility index (Phi) is 3.94. The summed E-state index contributed by atoms with van der Waals surface area (Å²) < 4.78 is 5.12. The Morgan fingerprint density at radius 1 is 1.38 bits per heavy atom. The number of unbranched alkanes of at least 4 members (excludes halogenated alkanes) is 1. The zero-order valence-corrected chi connectivity index (χ0v) is 10.2. The van der Waals surface area contributed by atoms with Crippen LogP contribution in [-0.2, 0) is 14.3 Å². The number of aliphatic carboxylic acids is 1. The van der Waals surface area contributed by atoms with Gasteiger partial charge in [0, 0.05) is 0 Å². The van der Waals surface area contributed by atoms with Crippen LogP contribution in [0.1, 0.15) is 40.0 Å². The van der Waals surface area contributed by atoms with Gasteiger partial charge in [0.2, 0.25) is 0 Å². The second-order valence-electron chi connectivity index (χ2n) is 5.02. The summed E-state index contributed by atoms with van der Waals surface area (Å²) >= 11 is 0. The second kappa shape index (κ2) is 4.85. The lowest BCUT2D eigenvalue weighted by atomic mass is 9.55. The van der Waals surface area contributed by atoms with Crippen molar-refractivity contribution >= 4 is 11.9 Å². The summed E-state index contributed by atoms with van der Waals surface area (Å²) in [6.07, 6.45) is 2.26. The Labute approximate surface area is 96.0 Å². The molecule has 0 bridgehead atoms.